The van der Waals surface area contributed by atoms with Gasteiger partial charge in [0.15, 0.2) is 17.5 Å². The molecule has 1 aliphatic heterocycles. The van der Waals surface area contributed by atoms with E-state index in [1.807, 2.05) is 49.3 Å². The Labute approximate surface area is 165 Å². The summed E-state index contributed by atoms with van der Waals surface area (Å²) < 4.78 is 25.6. The number of rotatable bonds is 6. The van der Waals surface area contributed by atoms with Gasteiger partial charge in [-0.15, -0.1) is 0 Å². The first kappa shape index (κ1) is 19.9. The summed E-state index contributed by atoms with van der Waals surface area (Å²) >= 11 is 0. The van der Waals surface area contributed by atoms with Crippen LogP contribution in [0.4, 0.5) is 4.39 Å². The van der Waals surface area contributed by atoms with Crippen LogP contribution < -0.4 is 20.1 Å². The van der Waals surface area contributed by atoms with E-state index in [1.54, 1.807) is 13.1 Å². The average Bonchev–Trinajstić information content (AvgIpc) is 2.70. The SMILES string of the molecule is CN=C(NCc1ccc(F)c(CN(C)C)c1)NCC1COc2ccccc2O1. The Morgan fingerprint density at radius 1 is 1.18 bits per heavy atom. The van der Waals surface area contributed by atoms with E-state index in [0.29, 0.717) is 37.8 Å². The zero-order valence-corrected chi connectivity index (χ0v) is 16.5. The summed E-state index contributed by atoms with van der Waals surface area (Å²) in [4.78, 5) is 6.18. The molecule has 2 aromatic carbocycles. The lowest BCUT2D eigenvalue weighted by Crippen LogP contribution is -2.45. The highest BCUT2D eigenvalue weighted by Gasteiger charge is 2.20. The van der Waals surface area contributed by atoms with Crippen LogP contribution in [-0.2, 0) is 13.1 Å². The van der Waals surface area contributed by atoms with E-state index in [9.17, 15) is 4.39 Å². The molecular weight excluding hydrogens is 359 g/mol. The van der Waals surface area contributed by atoms with E-state index >= 15 is 0 Å². The van der Waals surface area contributed by atoms with E-state index in [0.717, 1.165) is 17.1 Å². The van der Waals surface area contributed by atoms with Crippen LogP contribution in [0, 0.1) is 5.82 Å². The molecule has 1 heterocycles. The topological polar surface area (TPSA) is 58.1 Å². The molecule has 2 N–H and O–H groups in total. The van der Waals surface area contributed by atoms with E-state index in [-0.39, 0.29) is 11.9 Å². The summed E-state index contributed by atoms with van der Waals surface area (Å²) in [7, 11) is 5.56. The summed E-state index contributed by atoms with van der Waals surface area (Å²) in [6.45, 7) is 2.15. The van der Waals surface area contributed by atoms with Gasteiger partial charge in [0.25, 0.3) is 0 Å². The third-order valence-electron chi connectivity index (χ3n) is 4.34. The number of nitrogens with one attached hydrogen (secondary N) is 2. The Morgan fingerprint density at radius 2 is 1.96 bits per heavy atom. The smallest absolute Gasteiger partial charge is 0.191 e. The molecule has 7 heteroatoms. The summed E-state index contributed by atoms with van der Waals surface area (Å²) in [5, 5.41) is 6.50. The molecule has 2 aromatic rings. The molecule has 0 aliphatic carbocycles. The van der Waals surface area contributed by atoms with Gasteiger partial charge in [-0.3, -0.25) is 4.99 Å². The van der Waals surface area contributed by atoms with Crippen LogP contribution in [0.1, 0.15) is 11.1 Å². The predicted molar refractivity (Wildman–Crippen MR) is 108 cm³/mol. The van der Waals surface area contributed by atoms with E-state index in [4.69, 9.17) is 9.47 Å². The number of para-hydroxylation sites is 2. The monoisotopic (exact) mass is 386 g/mol. The van der Waals surface area contributed by atoms with Gasteiger partial charge in [0, 0.05) is 25.7 Å². The van der Waals surface area contributed by atoms with Crippen LogP contribution in [-0.4, -0.2) is 51.3 Å². The van der Waals surface area contributed by atoms with E-state index in [1.165, 1.54) is 6.07 Å². The van der Waals surface area contributed by atoms with Crippen LogP contribution in [0.5, 0.6) is 11.5 Å². The number of ether oxygens (including phenoxy) is 2. The largest absolute Gasteiger partial charge is 0.486 e. The number of fused-ring (bicyclic) bond motifs is 1. The zero-order valence-electron chi connectivity index (χ0n) is 16.5. The lowest BCUT2D eigenvalue weighted by atomic mass is 10.1. The van der Waals surface area contributed by atoms with Crippen molar-refractivity contribution in [3.63, 3.8) is 0 Å². The minimum Gasteiger partial charge on any atom is -0.486 e. The van der Waals surface area contributed by atoms with Gasteiger partial charge in [0.2, 0.25) is 0 Å². The number of benzene rings is 2. The van der Waals surface area contributed by atoms with Crippen molar-refractivity contribution in [3.8, 4) is 11.5 Å². The first-order chi connectivity index (χ1) is 13.5. The Hall–Kier alpha value is -2.80. The van der Waals surface area contributed by atoms with Crippen molar-refractivity contribution >= 4 is 5.96 Å². The number of halogens is 1. The fourth-order valence-electron chi connectivity index (χ4n) is 2.98. The first-order valence-electron chi connectivity index (χ1n) is 9.30. The maximum Gasteiger partial charge on any atom is 0.191 e. The number of guanidine groups is 1. The highest BCUT2D eigenvalue weighted by molar-refractivity contribution is 5.79. The van der Waals surface area contributed by atoms with Gasteiger partial charge in [-0.1, -0.05) is 18.2 Å². The molecule has 6 nitrogen and oxygen atoms in total. The Morgan fingerprint density at radius 3 is 2.71 bits per heavy atom. The van der Waals surface area contributed by atoms with Crippen molar-refractivity contribution in [2.24, 2.45) is 4.99 Å². The van der Waals surface area contributed by atoms with Crippen molar-refractivity contribution < 1.29 is 13.9 Å². The van der Waals surface area contributed by atoms with Gasteiger partial charge >= 0.3 is 0 Å². The standard InChI is InChI=1S/C21H27FN4O2/c1-23-21(24-11-15-8-9-18(22)16(10-15)13-26(2)3)25-12-17-14-27-19-6-4-5-7-20(19)28-17/h4-10,17H,11-14H2,1-3H3,(H2,23,24,25). The Kier molecular flexibility index (Phi) is 6.71. The van der Waals surface area contributed by atoms with Crippen molar-refractivity contribution in [2.45, 2.75) is 19.2 Å². The number of nitrogens with zero attached hydrogens (tertiary/aromatic N) is 2. The lowest BCUT2D eigenvalue weighted by Gasteiger charge is -2.27. The zero-order chi connectivity index (χ0) is 19.9. The average molecular weight is 386 g/mol. The van der Waals surface area contributed by atoms with E-state index < -0.39 is 0 Å². The van der Waals surface area contributed by atoms with Crippen molar-refractivity contribution in [1.82, 2.24) is 15.5 Å². The third kappa shape index (κ3) is 5.36. The van der Waals surface area contributed by atoms with Gasteiger partial charge in [0.1, 0.15) is 18.5 Å². The van der Waals surface area contributed by atoms with Gasteiger partial charge in [-0.05, 0) is 43.9 Å². The lowest BCUT2D eigenvalue weighted by molar-refractivity contribution is 0.0936. The molecule has 0 bridgehead atoms. The summed E-state index contributed by atoms with van der Waals surface area (Å²) in [6.07, 6.45) is -0.106. The molecule has 0 radical (unpaired) electrons. The highest BCUT2D eigenvalue weighted by Crippen LogP contribution is 2.30. The highest BCUT2D eigenvalue weighted by atomic mass is 19.1. The quantitative estimate of drug-likeness (QED) is 0.590. The van der Waals surface area contributed by atoms with Gasteiger partial charge in [-0.25, -0.2) is 4.39 Å². The molecule has 0 saturated carbocycles. The minimum absolute atomic E-state index is 0.106. The molecule has 0 aromatic heterocycles. The second kappa shape index (κ2) is 9.41. The predicted octanol–water partition coefficient (Wildman–Crippen LogP) is 2.39. The molecule has 150 valence electrons. The summed E-state index contributed by atoms with van der Waals surface area (Å²) in [5.41, 5.74) is 1.67. The van der Waals surface area contributed by atoms with Gasteiger partial charge < -0.3 is 25.0 Å². The molecule has 1 unspecified atom stereocenters. The minimum atomic E-state index is -0.185. The van der Waals surface area contributed by atoms with Gasteiger partial charge in [-0.2, -0.15) is 0 Å². The summed E-state index contributed by atoms with van der Waals surface area (Å²) in [6, 6.07) is 12.8. The molecular formula is C21H27FN4O2. The van der Waals surface area contributed by atoms with Crippen LogP contribution in [0.3, 0.4) is 0 Å². The maximum absolute atomic E-state index is 13.9. The van der Waals surface area contributed by atoms with Crippen molar-refractivity contribution in [3.05, 3.63) is 59.4 Å². The molecule has 1 atom stereocenters. The van der Waals surface area contributed by atoms with Crippen molar-refractivity contribution in [1.29, 1.82) is 0 Å². The second-order valence-electron chi connectivity index (χ2n) is 6.97. The molecule has 3 rings (SSSR count). The molecule has 0 amide bonds. The second-order valence-corrected chi connectivity index (χ2v) is 6.97. The fourth-order valence-corrected chi connectivity index (χ4v) is 2.98. The maximum atomic E-state index is 13.9. The number of aliphatic imine (C=N–C) groups is 1. The number of hydrogen-bond acceptors (Lipinski definition) is 4. The number of hydrogen-bond donors (Lipinski definition) is 2. The van der Waals surface area contributed by atoms with Crippen LogP contribution >= 0.6 is 0 Å². The first-order valence-corrected chi connectivity index (χ1v) is 9.30. The normalized spacial score (nSPS) is 16.2. The van der Waals surface area contributed by atoms with Crippen molar-refractivity contribution in [2.75, 3.05) is 34.3 Å². The van der Waals surface area contributed by atoms with Crippen LogP contribution in [0.15, 0.2) is 47.5 Å². The van der Waals surface area contributed by atoms with E-state index in [2.05, 4.69) is 15.6 Å². The van der Waals surface area contributed by atoms with Gasteiger partial charge in [0.05, 0.1) is 6.54 Å². The molecule has 1 aliphatic rings. The molecule has 28 heavy (non-hydrogen) atoms. The molecule has 0 saturated heterocycles. The third-order valence-corrected chi connectivity index (χ3v) is 4.34. The van der Waals surface area contributed by atoms with Crippen LogP contribution in [0.25, 0.3) is 0 Å². The molecule has 0 fully saturated rings. The molecule has 0 spiro atoms. The fraction of sp³-hybridized carbons (Fsp3) is 0.381. The van der Waals surface area contributed by atoms with Crippen LogP contribution in [0.2, 0.25) is 0 Å². The Bertz CT molecular complexity index is 826. The Balaban J connectivity index is 1.50. The summed E-state index contributed by atoms with van der Waals surface area (Å²) in [5.74, 6) is 1.99.